The summed E-state index contributed by atoms with van der Waals surface area (Å²) in [4.78, 5) is 0. The second kappa shape index (κ2) is 3.92. The van der Waals surface area contributed by atoms with Crippen LogP contribution >= 0.6 is 0 Å². The molecule has 0 saturated heterocycles. The number of allylic oxidation sites excluding steroid dienone is 3. The average molecular weight is 192 g/mol. The molecule has 14 heavy (non-hydrogen) atoms. The van der Waals surface area contributed by atoms with Crippen molar-refractivity contribution in [2.75, 3.05) is 0 Å². The molecule has 80 valence electrons. The first-order chi connectivity index (χ1) is 6.37. The minimum Gasteiger partial charge on any atom is -0.0958 e. The molecule has 0 heterocycles. The highest BCUT2D eigenvalue weighted by Crippen LogP contribution is 2.50. The van der Waals surface area contributed by atoms with E-state index in [0.717, 1.165) is 17.8 Å². The molecule has 0 amide bonds. The highest BCUT2D eigenvalue weighted by molar-refractivity contribution is 5.52. The number of rotatable bonds is 4. The van der Waals surface area contributed by atoms with Crippen LogP contribution in [0.5, 0.6) is 0 Å². The molecule has 0 bridgehead atoms. The third kappa shape index (κ3) is 1.94. The maximum atomic E-state index is 4.05. The quantitative estimate of drug-likeness (QED) is 0.618. The lowest BCUT2D eigenvalue weighted by molar-refractivity contribution is 0.331. The van der Waals surface area contributed by atoms with Gasteiger partial charge in [-0.25, -0.2) is 0 Å². The smallest absolute Gasteiger partial charge is 0.00310 e. The Hall–Kier alpha value is -0.520. The summed E-state index contributed by atoms with van der Waals surface area (Å²) in [6.45, 7) is 17.8. The summed E-state index contributed by atoms with van der Waals surface area (Å²) in [5.41, 5.74) is 4.49. The van der Waals surface area contributed by atoms with Crippen molar-refractivity contribution in [1.29, 1.82) is 0 Å². The molecule has 1 aliphatic carbocycles. The van der Waals surface area contributed by atoms with Gasteiger partial charge in [-0.2, -0.15) is 0 Å². The molecular weight excluding hydrogens is 168 g/mol. The Labute approximate surface area is 89.1 Å². The first kappa shape index (κ1) is 11.6. The van der Waals surface area contributed by atoms with E-state index in [1.807, 2.05) is 0 Å². The van der Waals surface area contributed by atoms with Crippen LogP contribution in [-0.4, -0.2) is 0 Å². The first-order valence-electron chi connectivity index (χ1n) is 5.77. The minimum absolute atomic E-state index is 0.712. The first-order valence-corrected chi connectivity index (χ1v) is 5.77. The van der Waals surface area contributed by atoms with E-state index in [1.54, 1.807) is 11.1 Å². The summed E-state index contributed by atoms with van der Waals surface area (Å²) in [5, 5.41) is 0. The fraction of sp³-hybridized carbons (Fsp3) is 0.714. The van der Waals surface area contributed by atoms with E-state index in [-0.39, 0.29) is 0 Å². The molecular formula is C14H24. The van der Waals surface area contributed by atoms with Crippen LogP contribution in [0.15, 0.2) is 23.3 Å². The van der Waals surface area contributed by atoms with Gasteiger partial charge in [0.05, 0.1) is 0 Å². The van der Waals surface area contributed by atoms with Crippen LogP contribution in [0, 0.1) is 23.7 Å². The molecule has 0 spiro atoms. The van der Waals surface area contributed by atoms with E-state index in [0.29, 0.717) is 5.92 Å². The van der Waals surface area contributed by atoms with Crippen LogP contribution in [0.2, 0.25) is 0 Å². The standard InChI is InChI=1S/C14H24/c1-8(2)10(5)11(6)14-12(7)13(14)9(3)4/h8,10-12H,3H2,1-2,4-7H3. The summed E-state index contributed by atoms with van der Waals surface area (Å²) in [6, 6.07) is 0. The van der Waals surface area contributed by atoms with Gasteiger partial charge in [0, 0.05) is 5.92 Å². The van der Waals surface area contributed by atoms with E-state index in [4.69, 9.17) is 0 Å². The third-order valence-corrected chi connectivity index (χ3v) is 3.92. The molecule has 0 aliphatic heterocycles. The van der Waals surface area contributed by atoms with Crippen molar-refractivity contribution >= 4 is 0 Å². The Morgan fingerprint density at radius 3 is 2.00 bits per heavy atom. The van der Waals surface area contributed by atoms with Gasteiger partial charge in [-0.05, 0) is 30.3 Å². The van der Waals surface area contributed by atoms with Crippen molar-refractivity contribution in [3.8, 4) is 0 Å². The zero-order valence-electron chi connectivity index (χ0n) is 10.5. The van der Waals surface area contributed by atoms with Gasteiger partial charge in [-0.3, -0.25) is 0 Å². The monoisotopic (exact) mass is 192 g/mol. The van der Waals surface area contributed by atoms with Crippen LogP contribution in [0.4, 0.5) is 0 Å². The van der Waals surface area contributed by atoms with Gasteiger partial charge in [0.2, 0.25) is 0 Å². The Balaban J connectivity index is 2.73. The largest absolute Gasteiger partial charge is 0.0958 e. The highest BCUT2D eigenvalue weighted by Gasteiger charge is 2.38. The lowest BCUT2D eigenvalue weighted by Crippen LogP contribution is -2.14. The van der Waals surface area contributed by atoms with Gasteiger partial charge in [0.1, 0.15) is 0 Å². The van der Waals surface area contributed by atoms with Crippen molar-refractivity contribution in [2.24, 2.45) is 23.7 Å². The maximum absolute atomic E-state index is 4.05. The molecule has 0 aromatic rings. The maximum Gasteiger partial charge on any atom is 0.00310 e. The second-order valence-corrected chi connectivity index (χ2v) is 5.26. The molecule has 1 aliphatic rings. The molecule has 1 rings (SSSR count). The molecule has 0 aromatic carbocycles. The molecule has 0 N–H and O–H groups in total. The van der Waals surface area contributed by atoms with E-state index in [9.17, 15) is 0 Å². The summed E-state index contributed by atoms with van der Waals surface area (Å²) in [5.74, 6) is 3.00. The van der Waals surface area contributed by atoms with E-state index in [2.05, 4.69) is 48.1 Å². The Bertz CT molecular complexity index is 268. The van der Waals surface area contributed by atoms with Gasteiger partial charge < -0.3 is 0 Å². The van der Waals surface area contributed by atoms with Gasteiger partial charge in [0.15, 0.2) is 0 Å². The summed E-state index contributed by atoms with van der Waals surface area (Å²) in [7, 11) is 0. The lowest BCUT2D eigenvalue weighted by Gasteiger charge is -2.21. The van der Waals surface area contributed by atoms with E-state index >= 15 is 0 Å². The number of hydrogen-bond donors (Lipinski definition) is 0. The highest BCUT2D eigenvalue weighted by atomic mass is 14.4. The van der Waals surface area contributed by atoms with Gasteiger partial charge >= 0.3 is 0 Å². The molecule has 0 radical (unpaired) electrons. The fourth-order valence-corrected chi connectivity index (χ4v) is 2.47. The molecule has 0 heteroatoms. The van der Waals surface area contributed by atoms with E-state index in [1.165, 1.54) is 5.57 Å². The molecule has 0 aromatic heterocycles. The predicted octanol–water partition coefficient (Wildman–Crippen LogP) is 4.44. The Morgan fingerprint density at radius 1 is 1.21 bits per heavy atom. The fourth-order valence-electron chi connectivity index (χ4n) is 2.47. The van der Waals surface area contributed by atoms with Gasteiger partial charge in [-0.1, -0.05) is 52.3 Å². The summed E-state index contributed by atoms with van der Waals surface area (Å²) in [6.07, 6.45) is 0. The SMILES string of the molecule is C=C(C)C1=C(C(C)C(C)C(C)C)C1C. The minimum atomic E-state index is 0.712. The lowest BCUT2D eigenvalue weighted by atomic mass is 9.84. The van der Waals surface area contributed by atoms with Crippen LogP contribution in [0.25, 0.3) is 0 Å². The molecule has 3 unspecified atom stereocenters. The predicted molar refractivity (Wildman–Crippen MR) is 64.2 cm³/mol. The Kier molecular flexibility index (Phi) is 3.24. The van der Waals surface area contributed by atoms with Crippen LogP contribution in [-0.2, 0) is 0 Å². The van der Waals surface area contributed by atoms with Crippen molar-refractivity contribution in [1.82, 2.24) is 0 Å². The van der Waals surface area contributed by atoms with Crippen LogP contribution in [0.1, 0.15) is 41.5 Å². The summed E-state index contributed by atoms with van der Waals surface area (Å²) >= 11 is 0. The average Bonchev–Trinajstić information content (AvgIpc) is 2.74. The Morgan fingerprint density at radius 2 is 1.71 bits per heavy atom. The topological polar surface area (TPSA) is 0 Å². The molecule has 0 fully saturated rings. The van der Waals surface area contributed by atoms with Crippen LogP contribution < -0.4 is 0 Å². The zero-order chi connectivity index (χ0) is 11.0. The van der Waals surface area contributed by atoms with Crippen molar-refractivity contribution in [3.63, 3.8) is 0 Å². The van der Waals surface area contributed by atoms with Crippen molar-refractivity contribution in [2.45, 2.75) is 41.5 Å². The van der Waals surface area contributed by atoms with Gasteiger partial charge in [-0.15, -0.1) is 0 Å². The molecule has 0 nitrogen and oxygen atoms in total. The zero-order valence-corrected chi connectivity index (χ0v) is 10.5. The summed E-state index contributed by atoms with van der Waals surface area (Å²) < 4.78 is 0. The normalized spacial score (nSPS) is 25.2. The van der Waals surface area contributed by atoms with Crippen LogP contribution in [0.3, 0.4) is 0 Å². The second-order valence-electron chi connectivity index (χ2n) is 5.26. The third-order valence-electron chi connectivity index (χ3n) is 3.92. The van der Waals surface area contributed by atoms with Crippen molar-refractivity contribution < 1.29 is 0 Å². The number of hydrogen-bond acceptors (Lipinski definition) is 0. The van der Waals surface area contributed by atoms with Gasteiger partial charge in [0.25, 0.3) is 0 Å². The van der Waals surface area contributed by atoms with Crippen molar-refractivity contribution in [3.05, 3.63) is 23.3 Å². The molecule has 0 saturated carbocycles. The van der Waals surface area contributed by atoms with E-state index < -0.39 is 0 Å². The molecule has 3 atom stereocenters.